The first-order valence-electron chi connectivity index (χ1n) is 9.93. The Hall–Kier alpha value is -4.21. The number of amides is 1. The molecule has 0 aliphatic heterocycles. The summed E-state index contributed by atoms with van der Waals surface area (Å²) in [6.07, 6.45) is 0.232. The van der Waals surface area contributed by atoms with E-state index in [0.29, 0.717) is 35.4 Å². The topological polar surface area (TPSA) is 171 Å². The first-order chi connectivity index (χ1) is 15.3. The molecule has 0 aliphatic rings. The number of aryl methyl sites for hydroxylation is 1. The fraction of sp³-hybridized carbons (Fsp3) is 0.227. The highest BCUT2D eigenvalue weighted by Crippen LogP contribution is 2.26. The highest BCUT2D eigenvalue weighted by atomic mass is 16.4. The summed E-state index contributed by atoms with van der Waals surface area (Å²) in [5.41, 5.74) is 8.49. The molecule has 10 heteroatoms. The van der Waals surface area contributed by atoms with E-state index in [1.807, 2.05) is 4.57 Å². The van der Waals surface area contributed by atoms with Gasteiger partial charge in [0.1, 0.15) is 11.7 Å². The van der Waals surface area contributed by atoms with Gasteiger partial charge in [0, 0.05) is 36.2 Å². The van der Waals surface area contributed by atoms with Crippen LogP contribution in [0.4, 0.5) is 0 Å². The van der Waals surface area contributed by atoms with Gasteiger partial charge in [-0.2, -0.15) is 0 Å². The molecule has 0 atom stereocenters. The molecule has 10 nitrogen and oxygen atoms in total. The molecule has 166 valence electrons. The van der Waals surface area contributed by atoms with Gasteiger partial charge in [0.05, 0.1) is 17.5 Å². The van der Waals surface area contributed by atoms with Crippen LogP contribution in [0.15, 0.2) is 42.5 Å². The van der Waals surface area contributed by atoms with Gasteiger partial charge in [-0.1, -0.05) is 24.3 Å². The molecule has 0 radical (unpaired) electrons. The molecule has 1 aromatic heterocycles. The number of aliphatic carboxylic acids is 2. The average molecular weight is 437 g/mol. The van der Waals surface area contributed by atoms with E-state index < -0.39 is 17.8 Å². The van der Waals surface area contributed by atoms with Gasteiger partial charge >= 0.3 is 11.9 Å². The third-order valence-corrected chi connectivity index (χ3v) is 4.86. The van der Waals surface area contributed by atoms with E-state index in [1.54, 1.807) is 42.5 Å². The van der Waals surface area contributed by atoms with E-state index >= 15 is 0 Å². The Morgan fingerprint density at radius 2 is 1.66 bits per heavy atom. The van der Waals surface area contributed by atoms with Gasteiger partial charge in [-0.05, 0) is 24.6 Å². The molecule has 0 bridgehead atoms. The van der Waals surface area contributed by atoms with Gasteiger partial charge in [0.2, 0.25) is 0 Å². The Balaban J connectivity index is 1.96. The highest BCUT2D eigenvalue weighted by molar-refractivity contribution is 5.98. The van der Waals surface area contributed by atoms with Crippen molar-refractivity contribution in [2.45, 2.75) is 25.8 Å². The second kappa shape index (κ2) is 9.73. The quantitative estimate of drug-likeness (QED) is 0.238. The number of hydrogen-bond acceptors (Lipinski definition) is 5. The molecule has 3 rings (SSSR count). The van der Waals surface area contributed by atoms with Crippen molar-refractivity contribution in [2.24, 2.45) is 5.73 Å². The molecule has 3 aromatic rings. The van der Waals surface area contributed by atoms with Crippen LogP contribution in [0.2, 0.25) is 0 Å². The average Bonchev–Trinajstić information content (AvgIpc) is 3.11. The minimum atomic E-state index is -0.999. The van der Waals surface area contributed by atoms with Crippen LogP contribution in [0.3, 0.4) is 0 Å². The second-order valence-corrected chi connectivity index (χ2v) is 7.18. The molecule has 0 saturated heterocycles. The number of nitrogens with zero attached hydrogens (tertiary/aromatic N) is 2. The van der Waals surface area contributed by atoms with Crippen molar-refractivity contribution in [3.8, 4) is 11.4 Å². The Bertz CT molecular complexity index is 1180. The molecule has 32 heavy (non-hydrogen) atoms. The smallest absolute Gasteiger partial charge is 0.305 e. The lowest BCUT2D eigenvalue weighted by Gasteiger charge is -2.09. The van der Waals surface area contributed by atoms with E-state index in [0.717, 1.165) is 11.1 Å². The Morgan fingerprint density at radius 3 is 2.28 bits per heavy atom. The summed E-state index contributed by atoms with van der Waals surface area (Å²) in [6.45, 7) is 0.431. The van der Waals surface area contributed by atoms with Crippen LogP contribution in [-0.4, -0.2) is 50.0 Å². The lowest BCUT2D eigenvalue weighted by molar-refractivity contribution is -0.138. The molecule has 0 saturated carbocycles. The Kier molecular flexibility index (Phi) is 6.83. The molecule has 0 unspecified atom stereocenters. The minimum absolute atomic E-state index is 0.00640. The third-order valence-electron chi connectivity index (χ3n) is 4.86. The number of amidine groups is 1. The Labute approximate surface area is 183 Å². The number of carboxylic acids is 2. The fourth-order valence-electron chi connectivity index (χ4n) is 3.29. The molecule has 6 N–H and O–H groups in total. The van der Waals surface area contributed by atoms with Gasteiger partial charge in [0.15, 0.2) is 0 Å². The largest absolute Gasteiger partial charge is 0.481 e. The summed E-state index contributed by atoms with van der Waals surface area (Å²) in [7, 11) is 0. The Morgan fingerprint density at radius 1 is 1.00 bits per heavy atom. The molecule has 0 spiro atoms. The van der Waals surface area contributed by atoms with Gasteiger partial charge in [-0.25, -0.2) is 4.98 Å². The summed E-state index contributed by atoms with van der Waals surface area (Å²) in [5, 5.41) is 27.8. The van der Waals surface area contributed by atoms with Crippen LogP contribution in [0.25, 0.3) is 22.4 Å². The lowest BCUT2D eigenvalue weighted by atomic mass is 10.1. The maximum atomic E-state index is 12.3. The lowest BCUT2D eigenvalue weighted by Crippen LogP contribution is -2.25. The zero-order valence-corrected chi connectivity index (χ0v) is 17.2. The predicted octanol–water partition coefficient (Wildman–Crippen LogP) is 2.06. The first-order valence-corrected chi connectivity index (χ1v) is 9.93. The van der Waals surface area contributed by atoms with Gasteiger partial charge in [0.25, 0.3) is 5.91 Å². The van der Waals surface area contributed by atoms with Crippen molar-refractivity contribution in [1.29, 1.82) is 5.41 Å². The van der Waals surface area contributed by atoms with Crippen LogP contribution < -0.4 is 11.1 Å². The number of rotatable bonds is 10. The molecule has 1 heterocycles. The van der Waals surface area contributed by atoms with Gasteiger partial charge in [-0.15, -0.1) is 0 Å². The SMILES string of the molecule is N=C(N)c1ccc(-c2nc3cc(C(=O)NCCC(=O)O)ccc3n2CCCC(=O)O)cc1. The van der Waals surface area contributed by atoms with E-state index in [1.165, 1.54) is 0 Å². The van der Waals surface area contributed by atoms with Crippen molar-refractivity contribution in [2.75, 3.05) is 6.54 Å². The van der Waals surface area contributed by atoms with E-state index in [-0.39, 0.29) is 25.2 Å². The van der Waals surface area contributed by atoms with Crippen molar-refractivity contribution >= 4 is 34.7 Å². The van der Waals surface area contributed by atoms with E-state index in [2.05, 4.69) is 10.3 Å². The number of benzene rings is 2. The summed E-state index contributed by atoms with van der Waals surface area (Å²) < 4.78 is 1.90. The zero-order valence-electron chi connectivity index (χ0n) is 17.2. The predicted molar refractivity (Wildman–Crippen MR) is 118 cm³/mol. The molecule has 0 aliphatic carbocycles. The summed E-state index contributed by atoms with van der Waals surface area (Å²) in [4.78, 5) is 38.6. The minimum Gasteiger partial charge on any atom is -0.481 e. The summed E-state index contributed by atoms with van der Waals surface area (Å²) in [6, 6.07) is 12.0. The number of carbonyl (C=O) groups excluding carboxylic acids is 1. The molecule has 0 fully saturated rings. The number of nitrogens with two attached hydrogens (primary N) is 1. The van der Waals surface area contributed by atoms with Crippen molar-refractivity contribution in [3.63, 3.8) is 0 Å². The maximum Gasteiger partial charge on any atom is 0.305 e. The number of aromatic nitrogens is 2. The number of carboxylic acid groups (broad SMARTS) is 2. The molecular weight excluding hydrogens is 414 g/mol. The van der Waals surface area contributed by atoms with Crippen LogP contribution >= 0.6 is 0 Å². The van der Waals surface area contributed by atoms with E-state index in [9.17, 15) is 14.4 Å². The number of fused-ring (bicyclic) bond motifs is 1. The van der Waals surface area contributed by atoms with Gasteiger partial charge < -0.3 is 25.8 Å². The number of nitrogen functional groups attached to an aromatic ring is 1. The maximum absolute atomic E-state index is 12.3. The third kappa shape index (κ3) is 5.28. The van der Waals surface area contributed by atoms with Gasteiger partial charge in [-0.3, -0.25) is 19.8 Å². The van der Waals surface area contributed by atoms with Crippen LogP contribution in [0.1, 0.15) is 35.2 Å². The standard InChI is InChI=1S/C22H23N5O5/c23-20(24)13-3-5-14(6-4-13)21-26-16-12-15(22(32)25-10-9-19(30)31)7-8-17(16)27(21)11-1-2-18(28)29/h3-8,12H,1-2,9-11H2,(H3,23,24)(H,25,32)(H,28,29)(H,30,31). The fourth-order valence-corrected chi connectivity index (χ4v) is 3.29. The first kappa shape index (κ1) is 22.5. The van der Waals surface area contributed by atoms with Crippen LogP contribution in [-0.2, 0) is 16.1 Å². The molecular formula is C22H23N5O5. The molecule has 2 aromatic carbocycles. The van der Waals surface area contributed by atoms with Crippen LogP contribution in [0.5, 0.6) is 0 Å². The van der Waals surface area contributed by atoms with E-state index in [4.69, 9.17) is 21.4 Å². The monoisotopic (exact) mass is 437 g/mol. The molecule has 1 amide bonds. The summed E-state index contributed by atoms with van der Waals surface area (Å²) >= 11 is 0. The highest BCUT2D eigenvalue weighted by Gasteiger charge is 2.16. The number of imidazole rings is 1. The van der Waals surface area contributed by atoms with Crippen molar-refractivity contribution in [1.82, 2.24) is 14.9 Å². The van der Waals surface area contributed by atoms with Crippen LogP contribution in [0, 0.1) is 5.41 Å². The number of nitrogens with one attached hydrogen (secondary N) is 2. The van der Waals surface area contributed by atoms with Crippen molar-refractivity contribution in [3.05, 3.63) is 53.6 Å². The number of carbonyl (C=O) groups is 3. The normalized spacial score (nSPS) is 10.8. The zero-order chi connectivity index (χ0) is 23.3. The number of hydrogen-bond donors (Lipinski definition) is 5. The van der Waals surface area contributed by atoms with Crippen molar-refractivity contribution < 1.29 is 24.6 Å². The second-order valence-electron chi connectivity index (χ2n) is 7.18. The summed E-state index contributed by atoms with van der Waals surface area (Å²) in [5.74, 6) is -1.74.